The van der Waals surface area contributed by atoms with E-state index in [2.05, 4.69) is 43.2 Å². The van der Waals surface area contributed by atoms with Crippen molar-refractivity contribution in [3.63, 3.8) is 0 Å². The van der Waals surface area contributed by atoms with Crippen molar-refractivity contribution in [3.8, 4) is 0 Å². The van der Waals surface area contributed by atoms with Crippen LogP contribution in [0.25, 0.3) is 0 Å². The third kappa shape index (κ3) is 4.22. The Balaban J connectivity index is 1.72. The molecule has 1 fully saturated rings. The Bertz CT molecular complexity index is 818. The van der Waals surface area contributed by atoms with E-state index in [9.17, 15) is 14.9 Å². The Hall–Kier alpha value is -1.97. The summed E-state index contributed by atoms with van der Waals surface area (Å²) in [6.45, 7) is 4.20. The number of non-ortho nitro benzene ring substituents is 1. The van der Waals surface area contributed by atoms with Gasteiger partial charge in [-0.3, -0.25) is 19.8 Å². The first kappa shape index (κ1) is 18.8. The van der Waals surface area contributed by atoms with Crippen molar-refractivity contribution in [1.82, 2.24) is 10.2 Å². The molecule has 1 aliphatic rings. The highest BCUT2D eigenvalue weighted by atomic mass is 79.9. The summed E-state index contributed by atoms with van der Waals surface area (Å²) in [6, 6.07) is 8.67. The highest BCUT2D eigenvalue weighted by Gasteiger charge is 2.23. The number of anilines is 1. The summed E-state index contributed by atoms with van der Waals surface area (Å²) in [5, 5.41) is 13.6. The van der Waals surface area contributed by atoms with Crippen molar-refractivity contribution in [2.24, 2.45) is 0 Å². The molecule has 1 saturated heterocycles. The van der Waals surface area contributed by atoms with Crippen molar-refractivity contribution in [1.29, 1.82) is 0 Å². The molecule has 0 radical (unpaired) electrons. The third-order valence-electron chi connectivity index (χ3n) is 4.38. The van der Waals surface area contributed by atoms with E-state index < -0.39 is 4.92 Å². The van der Waals surface area contributed by atoms with E-state index in [1.54, 1.807) is 17.4 Å². The van der Waals surface area contributed by atoms with Gasteiger partial charge in [0, 0.05) is 56.8 Å². The fraction of sp³-hybridized carbons (Fsp3) is 0.353. The zero-order valence-electron chi connectivity index (χ0n) is 14.3. The van der Waals surface area contributed by atoms with Gasteiger partial charge in [-0.2, -0.15) is 0 Å². The number of hydrogen-bond donors (Lipinski definition) is 1. The maximum absolute atomic E-state index is 12.2. The lowest BCUT2D eigenvalue weighted by Gasteiger charge is -2.36. The number of hydrogen-bond acceptors (Lipinski definition) is 6. The molecule has 26 heavy (non-hydrogen) atoms. The first-order valence-electron chi connectivity index (χ1n) is 8.20. The Labute approximate surface area is 163 Å². The molecule has 138 valence electrons. The maximum Gasteiger partial charge on any atom is 0.270 e. The summed E-state index contributed by atoms with van der Waals surface area (Å²) in [5.74, 6) is -0.311. The number of nitrogens with one attached hydrogen (secondary N) is 1. The van der Waals surface area contributed by atoms with Crippen LogP contribution in [0.15, 0.2) is 34.1 Å². The summed E-state index contributed by atoms with van der Waals surface area (Å²) >= 11 is 5.22. The van der Waals surface area contributed by atoms with E-state index >= 15 is 0 Å². The monoisotopic (exact) mass is 438 g/mol. The van der Waals surface area contributed by atoms with Crippen LogP contribution in [0.2, 0.25) is 0 Å². The van der Waals surface area contributed by atoms with Gasteiger partial charge in [-0.1, -0.05) is 0 Å². The number of nitrogens with zero attached hydrogens (tertiary/aromatic N) is 3. The Kier molecular flexibility index (Phi) is 5.90. The summed E-state index contributed by atoms with van der Waals surface area (Å²) < 4.78 is 1.13. The summed E-state index contributed by atoms with van der Waals surface area (Å²) in [7, 11) is 1.53. The van der Waals surface area contributed by atoms with Crippen LogP contribution in [-0.4, -0.2) is 49.0 Å². The van der Waals surface area contributed by atoms with Gasteiger partial charge in [0.1, 0.15) is 0 Å². The number of carbonyl (C=O) groups is 1. The first-order valence-corrected chi connectivity index (χ1v) is 9.81. The van der Waals surface area contributed by atoms with E-state index in [1.807, 2.05) is 0 Å². The van der Waals surface area contributed by atoms with Crippen molar-refractivity contribution in [2.75, 3.05) is 38.1 Å². The van der Waals surface area contributed by atoms with Crippen molar-refractivity contribution in [2.45, 2.75) is 6.54 Å². The SMILES string of the molecule is CNC(=O)c1cc([N+](=O)[O-])ccc1N1CCN(Cc2ccc(Br)s2)CC1. The topological polar surface area (TPSA) is 78.7 Å². The number of thiophene rings is 1. The van der Waals surface area contributed by atoms with Crippen LogP contribution < -0.4 is 10.2 Å². The molecule has 1 aromatic carbocycles. The first-order chi connectivity index (χ1) is 12.5. The van der Waals surface area contributed by atoms with Crippen LogP contribution in [0, 0.1) is 10.1 Å². The molecule has 0 bridgehead atoms. The number of carbonyl (C=O) groups excluding carboxylic acids is 1. The van der Waals surface area contributed by atoms with E-state index in [4.69, 9.17) is 0 Å². The normalized spacial score (nSPS) is 15.1. The number of piperazine rings is 1. The predicted octanol–water partition coefficient (Wildman–Crippen LogP) is 3.10. The summed E-state index contributed by atoms with van der Waals surface area (Å²) in [4.78, 5) is 28.5. The molecule has 2 aromatic rings. The van der Waals surface area contributed by atoms with Crippen molar-refractivity contribution in [3.05, 3.63) is 54.7 Å². The Morgan fingerprint density at radius 1 is 1.27 bits per heavy atom. The largest absolute Gasteiger partial charge is 0.368 e. The van der Waals surface area contributed by atoms with Crippen LogP contribution in [0.4, 0.5) is 11.4 Å². The lowest BCUT2D eigenvalue weighted by molar-refractivity contribution is -0.384. The molecule has 0 unspecified atom stereocenters. The van der Waals surface area contributed by atoms with Gasteiger partial charge < -0.3 is 10.2 Å². The second-order valence-corrected chi connectivity index (χ2v) is 8.55. The van der Waals surface area contributed by atoms with Crippen LogP contribution in [0.1, 0.15) is 15.2 Å². The molecule has 0 saturated carbocycles. The maximum atomic E-state index is 12.2. The molecular formula is C17H19BrN4O3S. The fourth-order valence-corrected chi connectivity index (χ4v) is 4.56. The highest BCUT2D eigenvalue weighted by Crippen LogP contribution is 2.28. The molecule has 1 N–H and O–H groups in total. The number of rotatable bonds is 5. The zero-order valence-corrected chi connectivity index (χ0v) is 16.7. The van der Waals surface area contributed by atoms with Crippen molar-refractivity contribution < 1.29 is 9.72 Å². The van der Waals surface area contributed by atoms with Gasteiger partial charge in [0.05, 0.1) is 20.0 Å². The number of amides is 1. The second kappa shape index (κ2) is 8.15. The molecule has 1 aromatic heterocycles. The van der Waals surface area contributed by atoms with Gasteiger partial charge in [-0.15, -0.1) is 11.3 Å². The van der Waals surface area contributed by atoms with Gasteiger partial charge in [0.15, 0.2) is 0 Å². The molecule has 3 rings (SSSR count). The third-order valence-corrected chi connectivity index (χ3v) is 5.99. The summed E-state index contributed by atoms with van der Waals surface area (Å²) in [6.07, 6.45) is 0. The molecule has 7 nitrogen and oxygen atoms in total. The number of nitro groups is 1. The van der Waals surface area contributed by atoms with E-state index in [0.29, 0.717) is 5.56 Å². The van der Waals surface area contributed by atoms with Gasteiger partial charge in [-0.25, -0.2) is 0 Å². The lowest BCUT2D eigenvalue weighted by Crippen LogP contribution is -2.46. The fourth-order valence-electron chi connectivity index (χ4n) is 3.03. The Morgan fingerprint density at radius 2 is 2.00 bits per heavy atom. The van der Waals surface area contributed by atoms with Crippen molar-refractivity contribution >= 4 is 44.5 Å². The standard InChI is InChI=1S/C17H19BrN4O3S/c1-19-17(23)14-10-12(22(24)25)2-4-15(14)21-8-6-20(7-9-21)11-13-3-5-16(18)26-13/h2-5,10H,6-9,11H2,1H3,(H,19,23). The number of benzene rings is 1. The summed E-state index contributed by atoms with van der Waals surface area (Å²) in [5.41, 5.74) is 1.01. The van der Waals surface area contributed by atoms with E-state index in [-0.39, 0.29) is 11.6 Å². The van der Waals surface area contributed by atoms with E-state index in [1.165, 1.54) is 24.1 Å². The van der Waals surface area contributed by atoms with Crippen LogP contribution in [0.3, 0.4) is 0 Å². The van der Waals surface area contributed by atoms with Gasteiger partial charge in [-0.05, 0) is 34.1 Å². The molecule has 0 aliphatic carbocycles. The van der Waals surface area contributed by atoms with Crippen LogP contribution in [-0.2, 0) is 6.54 Å². The van der Waals surface area contributed by atoms with Crippen LogP contribution in [0.5, 0.6) is 0 Å². The molecule has 0 atom stereocenters. The molecular weight excluding hydrogens is 420 g/mol. The van der Waals surface area contributed by atoms with Crippen LogP contribution >= 0.6 is 27.3 Å². The van der Waals surface area contributed by atoms with Gasteiger partial charge in [0.2, 0.25) is 0 Å². The van der Waals surface area contributed by atoms with Gasteiger partial charge in [0.25, 0.3) is 11.6 Å². The smallest absolute Gasteiger partial charge is 0.270 e. The quantitative estimate of drug-likeness (QED) is 0.572. The lowest BCUT2D eigenvalue weighted by atomic mass is 10.1. The molecule has 0 spiro atoms. The predicted molar refractivity (Wildman–Crippen MR) is 106 cm³/mol. The average Bonchev–Trinajstić information content (AvgIpc) is 3.06. The number of halogens is 1. The second-order valence-electron chi connectivity index (χ2n) is 6.01. The minimum absolute atomic E-state index is 0.0748. The van der Waals surface area contributed by atoms with E-state index in [0.717, 1.165) is 42.2 Å². The Morgan fingerprint density at radius 3 is 2.58 bits per heavy atom. The molecule has 1 aliphatic heterocycles. The number of nitro benzene ring substituents is 1. The molecule has 1 amide bonds. The minimum atomic E-state index is -0.479. The molecule has 2 heterocycles. The molecule has 9 heteroatoms. The zero-order chi connectivity index (χ0) is 18.7. The minimum Gasteiger partial charge on any atom is -0.368 e. The van der Waals surface area contributed by atoms with Gasteiger partial charge >= 0.3 is 0 Å². The highest BCUT2D eigenvalue weighted by molar-refractivity contribution is 9.11. The average molecular weight is 439 g/mol.